The lowest BCUT2D eigenvalue weighted by Crippen LogP contribution is -2.06. The topological polar surface area (TPSA) is 58.6 Å². The Balaban J connectivity index is 0.000000356. The molecule has 0 spiro atoms. The number of hydrogen-bond donors (Lipinski definition) is 2. The van der Waals surface area contributed by atoms with Gasteiger partial charge in [-0.2, -0.15) is 0 Å². The van der Waals surface area contributed by atoms with E-state index in [1.54, 1.807) is 13.0 Å². The number of aryl methyl sites for hydroxylation is 2. The summed E-state index contributed by atoms with van der Waals surface area (Å²) in [6, 6.07) is 26.2. The minimum absolute atomic E-state index is 0.303. The molecule has 0 unspecified atom stereocenters. The van der Waals surface area contributed by atoms with Crippen molar-refractivity contribution in [2.45, 2.75) is 40.7 Å². The average molecular weight is 516 g/mol. The number of rotatable bonds is 8. The summed E-state index contributed by atoms with van der Waals surface area (Å²) in [6.45, 7) is 8.86. The Morgan fingerprint density at radius 2 is 1.76 bits per heavy atom. The van der Waals surface area contributed by atoms with Gasteiger partial charge in [0.05, 0.1) is 6.61 Å². The van der Waals surface area contributed by atoms with Gasteiger partial charge in [0.2, 0.25) is 0 Å². The highest BCUT2D eigenvalue weighted by Crippen LogP contribution is 2.30. The molecule has 0 aromatic heterocycles. The van der Waals surface area contributed by atoms with Gasteiger partial charge in [-0.3, -0.25) is 0 Å². The van der Waals surface area contributed by atoms with E-state index in [-0.39, 0.29) is 0 Å². The lowest BCUT2D eigenvalue weighted by atomic mass is 10.0. The molecule has 0 aliphatic rings. The summed E-state index contributed by atoms with van der Waals surface area (Å²) in [7, 11) is 0. The van der Waals surface area contributed by atoms with Crippen LogP contribution >= 0.6 is 11.6 Å². The molecule has 4 aromatic rings. The molecule has 192 valence electrons. The van der Waals surface area contributed by atoms with Gasteiger partial charge in [0, 0.05) is 34.0 Å². The van der Waals surface area contributed by atoms with Gasteiger partial charge in [0.15, 0.2) is 0 Å². The van der Waals surface area contributed by atoms with E-state index in [0.717, 1.165) is 50.3 Å². The second kappa shape index (κ2) is 13.5. The number of ether oxygens (including phenoxy) is 1. The molecular formula is C32H34ClNO3. The molecule has 0 amide bonds. The number of carbonyl (C=O) groups is 1. The maximum atomic E-state index is 11.3. The molecule has 2 N–H and O–H groups in total. The lowest BCUT2D eigenvalue weighted by molar-refractivity contribution is -0.132. The fourth-order valence-corrected chi connectivity index (χ4v) is 4.25. The summed E-state index contributed by atoms with van der Waals surface area (Å²) in [4.78, 5) is 11.3. The Kier molecular flexibility index (Phi) is 10.2. The van der Waals surface area contributed by atoms with Crippen LogP contribution in [0.2, 0.25) is 5.02 Å². The second-order valence-corrected chi connectivity index (χ2v) is 9.14. The molecule has 0 atom stereocenters. The number of carboxylic acids is 1. The van der Waals surface area contributed by atoms with Crippen molar-refractivity contribution < 1.29 is 14.6 Å². The van der Waals surface area contributed by atoms with Crippen molar-refractivity contribution in [2.75, 3.05) is 11.9 Å². The lowest BCUT2D eigenvalue weighted by Gasteiger charge is -2.17. The Morgan fingerprint density at radius 3 is 2.43 bits per heavy atom. The number of anilines is 1. The molecule has 0 aliphatic heterocycles. The van der Waals surface area contributed by atoms with Gasteiger partial charge in [-0.15, -0.1) is 0 Å². The van der Waals surface area contributed by atoms with E-state index in [4.69, 9.17) is 16.3 Å². The van der Waals surface area contributed by atoms with E-state index < -0.39 is 5.97 Å². The first-order valence-corrected chi connectivity index (χ1v) is 12.8. The zero-order valence-corrected chi connectivity index (χ0v) is 22.6. The highest BCUT2D eigenvalue weighted by atomic mass is 35.5. The van der Waals surface area contributed by atoms with Crippen molar-refractivity contribution in [1.29, 1.82) is 0 Å². The number of carboxylic acid groups (broad SMARTS) is 1. The predicted molar refractivity (Wildman–Crippen MR) is 156 cm³/mol. The smallest absolute Gasteiger partial charge is 0.331 e. The van der Waals surface area contributed by atoms with E-state index in [1.807, 2.05) is 68.4 Å². The number of fused-ring (bicyclic) bond motifs is 1. The zero-order valence-electron chi connectivity index (χ0n) is 21.8. The SMILES string of the molecule is CCOc1ccc2ccccc2c1CNc1cccc(C)c1/C=C(\C)C(=O)O.CCc1cccc(Cl)c1. The van der Waals surface area contributed by atoms with E-state index in [9.17, 15) is 9.90 Å². The highest BCUT2D eigenvalue weighted by Gasteiger charge is 2.11. The number of nitrogens with one attached hydrogen (secondary N) is 1. The minimum atomic E-state index is -0.915. The molecule has 0 bridgehead atoms. The highest BCUT2D eigenvalue weighted by molar-refractivity contribution is 6.30. The first-order chi connectivity index (χ1) is 17.8. The van der Waals surface area contributed by atoms with Crippen molar-refractivity contribution in [3.8, 4) is 5.75 Å². The van der Waals surface area contributed by atoms with Gasteiger partial charge in [0.1, 0.15) is 5.75 Å². The molecule has 4 rings (SSSR count). The Morgan fingerprint density at radius 1 is 1.00 bits per heavy atom. The van der Waals surface area contributed by atoms with Crippen LogP contribution in [0.25, 0.3) is 16.8 Å². The summed E-state index contributed by atoms with van der Waals surface area (Å²) in [5, 5.41) is 15.9. The molecule has 0 saturated heterocycles. The first-order valence-electron chi connectivity index (χ1n) is 12.5. The Labute approximate surface area is 224 Å². The molecular weight excluding hydrogens is 482 g/mol. The summed E-state index contributed by atoms with van der Waals surface area (Å²) >= 11 is 5.72. The molecule has 37 heavy (non-hydrogen) atoms. The minimum Gasteiger partial charge on any atom is -0.494 e. The van der Waals surface area contributed by atoms with Gasteiger partial charge >= 0.3 is 5.97 Å². The predicted octanol–water partition coefficient (Wildman–Crippen LogP) is 8.55. The Hall–Kier alpha value is -3.76. The monoisotopic (exact) mass is 515 g/mol. The summed E-state index contributed by atoms with van der Waals surface area (Å²) < 4.78 is 5.85. The third kappa shape index (κ3) is 7.61. The third-order valence-electron chi connectivity index (χ3n) is 6.07. The molecule has 5 heteroatoms. The molecule has 0 radical (unpaired) electrons. The van der Waals surface area contributed by atoms with Crippen LogP contribution in [-0.4, -0.2) is 17.7 Å². The van der Waals surface area contributed by atoms with Crippen LogP contribution in [-0.2, 0) is 17.8 Å². The van der Waals surface area contributed by atoms with Gasteiger partial charge in [-0.25, -0.2) is 4.79 Å². The van der Waals surface area contributed by atoms with Gasteiger partial charge in [-0.05, 0) is 79.4 Å². The summed E-state index contributed by atoms with van der Waals surface area (Å²) in [6.07, 6.45) is 2.77. The summed E-state index contributed by atoms with van der Waals surface area (Å²) in [5.41, 5.74) is 5.50. The molecule has 4 nitrogen and oxygen atoms in total. The van der Waals surface area contributed by atoms with Crippen LogP contribution in [0.4, 0.5) is 5.69 Å². The maximum Gasteiger partial charge on any atom is 0.331 e. The third-order valence-corrected chi connectivity index (χ3v) is 6.31. The van der Waals surface area contributed by atoms with Crippen molar-refractivity contribution in [1.82, 2.24) is 0 Å². The van der Waals surface area contributed by atoms with Crippen LogP contribution in [0, 0.1) is 6.92 Å². The van der Waals surface area contributed by atoms with E-state index >= 15 is 0 Å². The Bertz CT molecular complexity index is 1390. The number of hydrogen-bond acceptors (Lipinski definition) is 3. The second-order valence-electron chi connectivity index (χ2n) is 8.70. The van der Waals surface area contributed by atoms with Crippen LogP contribution in [0.5, 0.6) is 5.75 Å². The first kappa shape index (κ1) is 27.8. The van der Waals surface area contributed by atoms with Crippen molar-refractivity contribution in [2.24, 2.45) is 0 Å². The fraction of sp³-hybridized carbons (Fsp3) is 0.219. The zero-order chi connectivity index (χ0) is 26.8. The molecule has 0 aliphatic carbocycles. The molecule has 0 heterocycles. The van der Waals surface area contributed by atoms with Gasteiger partial charge in [-0.1, -0.05) is 73.1 Å². The van der Waals surface area contributed by atoms with E-state index in [1.165, 1.54) is 5.56 Å². The molecule has 0 saturated carbocycles. The van der Waals surface area contributed by atoms with E-state index in [0.29, 0.717) is 18.7 Å². The maximum absolute atomic E-state index is 11.3. The van der Waals surface area contributed by atoms with Gasteiger partial charge in [0.25, 0.3) is 0 Å². The quantitative estimate of drug-likeness (QED) is 0.231. The van der Waals surface area contributed by atoms with E-state index in [2.05, 4.69) is 36.5 Å². The standard InChI is InChI=1S/C24H25NO3.C8H9Cl/c1-4-28-23-13-12-18-9-5-6-10-19(18)21(23)15-25-22-11-7-8-16(2)20(22)14-17(3)24(26)27;1-2-7-4-3-5-8(9)6-7/h5-14,25H,4,15H2,1-3H3,(H,26,27);3-6H,2H2,1H3/b17-14+;. The molecule has 0 fully saturated rings. The number of halogens is 1. The van der Waals surface area contributed by atoms with Crippen molar-refractivity contribution in [3.63, 3.8) is 0 Å². The van der Waals surface area contributed by atoms with Crippen molar-refractivity contribution >= 4 is 40.1 Å². The molecule has 4 aromatic carbocycles. The van der Waals surface area contributed by atoms with Crippen LogP contribution in [0.3, 0.4) is 0 Å². The number of benzene rings is 4. The van der Waals surface area contributed by atoms with Crippen LogP contribution in [0.1, 0.15) is 43.0 Å². The average Bonchev–Trinajstić information content (AvgIpc) is 2.90. The normalized spacial score (nSPS) is 11.0. The summed E-state index contributed by atoms with van der Waals surface area (Å²) in [5.74, 6) is -0.0537. The largest absolute Gasteiger partial charge is 0.494 e. The van der Waals surface area contributed by atoms with Gasteiger partial charge < -0.3 is 15.2 Å². The number of aliphatic carboxylic acids is 1. The fourth-order valence-electron chi connectivity index (χ4n) is 4.03. The van der Waals surface area contributed by atoms with Crippen molar-refractivity contribution in [3.05, 3.63) is 112 Å². The van der Waals surface area contributed by atoms with Crippen LogP contribution in [0.15, 0.2) is 84.4 Å². The van der Waals surface area contributed by atoms with Crippen LogP contribution < -0.4 is 10.1 Å².